The molecule has 2 atom stereocenters. The van der Waals surface area contributed by atoms with E-state index in [1.165, 1.54) is 6.92 Å². The lowest BCUT2D eigenvalue weighted by Gasteiger charge is -2.08. The van der Waals surface area contributed by atoms with Crippen LogP contribution >= 0.6 is 0 Å². The lowest BCUT2D eigenvalue weighted by atomic mass is 10.0. The molecule has 0 aliphatic rings. The minimum Gasteiger partial charge on any atom is -0.369 e. The van der Waals surface area contributed by atoms with E-state index in [1.807, 2.05) is 0 Å². The number of carbonyl (C=O) groups excluding carboxylic acids is 2. The van der Waals surface area contributed by atoms with Gasteiger partial charge < -0.3 is 16.3 Å². The molecule has 0 heterocycles. The summed E-state index contributed by atoms with van der Waals surface area (Å²) in [6, 6.07) is -0.762. The number of aldehydes is 1. The van der Waals surface area contributed by atoms with Gasteiger partial charge in [0.15, 0.2) is 0 Å². The van der Waals surface area contributed by atoms with Crippen LogP contribution in [-0.2, 0) is 9.59 Å². The van der Waals surface area contributed by atoms with E-state index in [4.69, 9.17) is 11.5 Å². The van der Waals surface area contributed by atoms with Crippen molar-refractivity contribution in [2.24, 2.45) is 17.4 Å². The van der Waals surface area contributed by atoms with Gasteiger partial charge in [0.05, 0.1) is 12.0 Å². The summed E-state index contributed by atoms with van der Waals surface area (Å²) < 4.78 is 0. The Morgan fingerprint density at radius 2 is 2.11 bits per heavy atom. The highest BCUT2D eigenvalue weighted by Crippen LogP contribution is 1.94. The molecule has 0 aliphatic heterocycles. The molecular formula is C5H10N2O2. The summed E-state index contributed by atoms with van der Waals surface area (Å²) in [5, 5.41) is 0. The quantitative estimate of drug-likeness (QED) is 0.462. The summed E-state index contributed by atoms with van der Waals surface area (Å²) in [6.45, 7) is 1.52. The van der Waals surface area contributed by atoms with Gasteiger partial charge in [-0.3, -0.25) is 4.79 Å². The first-order valence-electron chi connectivity index (χ1n) is 2.59. The van der Waals surface area contributed by atoms with Gasteiger partial charge in [-0.15, -0.1) is 0 Å². The molecule has 0 rings (SSSR count). The topological polar surface area (TPSA) is 86.2 Å². The third kappa shape index (κ3) is 2.23. The Morgan fingerprint density at radius 3 is 2.22 bits per heavy atom. The number of amides is 1. The van der Waals surface area contributed by atoms with Crippen LogP contribution < -0.4 is 11.5 Å². The zero-order chi connectivity index (χ0) is 7.44. The standard InChI is InChI=1S/C5H10N2O2/c1-3(5(7)9)4(6)2-8/h2-4H,6H2,1H3,(H2,7,9). The van der Waals surface area contributed by atoms with Crippen LogP contribution in [0.2, 0.25) is 0 Å². The molecule has 2 unspecified atom stereocenters. The Bertz CT molecular complexity index is 124. The second-order valence-corrected chi connectivity index (χ2v) is 1.90. The van der Waals surface area contributed by atoms with Crippen molar-refractivity contribution in [2.45, 2.75) is 13.0 Å². The number of nitrogens with two attached hydrogens (primary N) is 2. The summed E-state index contributed by atoms with van der Waals surface area (Å²) in [7, 11) is 0. The number of hydrogen-bond acceptors (Lipinski definition) is 3. The summed E-state index contributed by atoms with van der Waals surface area (Å²) >= 11 is 0. The van der Waals surface area contributed by atoms with Crippen molar-refractivity contribution in [1.29, 1.82) is 0 Å². The molecule has 0 aromatic heterocycles. The van der Waals surface area contributed by atoms with Crippen LogP contribution in [0.5, 0.6) is 0 Å². The predicted octanol–water partition coefficient (Wildman–Crippen LogP) is -1.37. The number of carbonyl (C=O) groups is 2. The van der Waals surface area contributed by atoms with Crippen LogP contribution in [0.25, 0.3) is 0 Å². The normalized spacial score (nSPS) is 16.2. The molecule has 0 aliphatic carbocycles. The summed E-state index contributed by atoms with van der Waals surface area (Å²) in [5.41, 5.74) is 9.98. The van der Waals surface area contributed by atoms with Crippen molar-refractivity contribution in [1.82, 2.24) is 0 Å². The summed E-state index contributed by atoms with van der Waals surface area (Å²) in [5.74, 6) is -1.11. The van der Waals surface area contributed by atoms with E-state index in [0.29, 0.717) is 6.29 Å². The first-order chi connectivity index (χ1) is 4.09. The Morgan fingerprint density at radius 1 is 1.67 bits per heavy atom. The zero-order valence-electron chi connectivity index (χ0n) is 5.20. The average molecular weight is 130 g/mol. The fourth-order valence-electron chi connectivity index (χ4n) is 0.308. The van der Waals surface area contributed by atoms with Crippen LogP contribution in [0.15, 0.2) is 0 Å². The fraction of sp³-hybridized carbons (Fsp3) is 0.600. The summed E-state index contributed by atoms with van der Waals surface area (Å²) in [4.78, 5) is 20.2. The molecule has 0 saturated carbocycles. The SMILES string of the molecule is CC(C(N)=O)C(N)C=O. The van der Waals surface area contributed by atoms with E-state index in [9.17, 15) is 9.59 Å². The molecule has 1 amide bonds. The second kappa shape index (κ2) is 3.19. The van der Waals surface area contributed by atoms with E-state index in [1.54, 1.807) is 0 Å². The van der Waals surface area contributed by atoms with E-state index in [-0.39, 0.29) is 0 Å². The minimum absolute atomic E-state index is 0.509. The predicted molar refractivity (Wildman–Crippen MR) is 32.4 cm³/mol. The average Bonchev–Trinajstić information content (AvgIpc) is 1.84. The third-order valence-electron chi connectivity index (χ3n) is 1.18. The number of rotatable bonds is 3. The van der Waals surface area contributed by atoms with Gasteiger partial charge >= 0.3 is 0 Å². The second-order valence-electron chi connectivity index (χ2n) is 1.90. The van der Waals surface area contributed by atoms with Gasteiger partial charge in [-0.1, -0.05) is 6.92 Å². The van der Waals surface area contributed by atoms with Crippen molar-refractivity contribution in [2.75, 3.05) is 0 Å². The zero-order valence-corrected chi connectivity index (χ0v) is 5.20. The van der Waals surface area contributed by atoms with E-state index >= 15 is 0 Å². The maximum Gasteiger partial charge on any atom is 0.222 e. The highest BCUT2D eigenvalue weighted by Gasteiger charge is 2.16. The molecule has 0 spiro atoms. The third-order valence-corrected chi connectivity index (χ3v) is 1.18. The molecule has 4 heteroatoms. The first kappa shape index (κ1) is 8.10. The maximum absolute atomic E-state index is 10.3. The smallest absolute Gasteiger partial charge is 0.222 e. The first-order valence-corrected chi connectivity index (χ1v) is 2.59. The largest absolute Gasteiger partial charge is 0.369 e. The Kier molecular flexibility index (Phi) is 2.87. The van der Waals surface area contributed by atoms with Crippen molar-refractivity contribution < 1.29 is 9.59 Å². The van der Waals surface area contributed by atoms with Gasteiger partial charge in [-0.05, 0) is 0 Å². The van der Waals surface area contributed by atoms with Crippen LogP contribution in [-0.4, -0.2) is 18.2 Å². The maximum atomic E-state index is 10.3. The molecule has 0 aromatic rings. The van der Waals surface area contributed by atoms with Crippen LogP contribution in [0.4, 0.5) is 0 Å². The van der Waals surface area contributed by atoms with Gasteiger partial charge in [0.2, 0.25) is 5.91 Å². The molecule has 0 radical (unpaired) electrons. The molecule has 52 valence electrons. The van der Waals surface area contributed by atoms with Gasteiger partial charge in [0, 0.05) is 0 Å². The van der Waals surface area contributed by atoms with E-state index in [2.05, 4.69) is 0 Å². The minimum atomic E-state index is -0.762. The molecule has 9 heavy (non-hydrogen) atoms. The molecule has 0 fully saturated rings. The molecule has 0 saturated heterocycles. The van der Waals surface area contributed by atoms with Gasteiger partial charge in [0.25, 0.3) is 0 Å². The van der Waals surface area contributed by atoms with Crippen LogP contribution in [0.1, 0.15) is 6.92 Å². The number of primary amides is 1. The van der Waals surface area contributed by atoms with Gasteiger partial charge in [0.1, 0.15) is 6.29 Å². The van der Waals surface area contributed by atoms with Crippen molar-refractivity contribution in [3.8, 4) is 0 Å². The Labute approximate surface area is 53.2 Å². The fourth-order valence-corrected chi connectivity index (χ4v) is 0.308. The molecule has 4 nitrogen and oxygen atoms in total. The van der Waals surface area contributed by atoms with Crippen molar-refractivity contribution >= 4 is 12.2 Å². The Balaban J connectivity index is 3.86. The van der Waals surface area contributed by atoms with E-state index < -0.39 is 17.9 Å². The lowest BCUT2D eigenvalue weighted by molar-refractivity contribution is -0.124. The summed E-state index contributed by atoms with van der Waals surface area (Å²) in [6.07, 6.45) is 0.509. The van der Waals surface area contributed by atoms with Crippen LogP contribution in [0.3, 0.4) is 0 Å². The molecule has 0 aromatic carbocycles. The van der Waals surface area contributed by atoms with Crippen molar-refractivity contribution in [3.63, 3.8) is 0 Å². The van der Waals surface area contributed by atoms with E-state index in [0.717, 1.165) is 0 Å². The molecular weight excluding hydrogens is 120 g/mol. The highest BCUT2D eigenvalue weighted by molar-refractivity contribution is 5.81. The number of hydrogen-bond donors (Lipinski definition) is 2. The lowest BCUT2D eigenvalue weighted by Crippen LogP contribution is -2.38. The molecule has 0 bridgehead atoms. The van der Waals surface area contributed by atoms with Crippen molar-refractivity contribution in [3.05, 3.63) is 0 Å². The van der Waals surface area contributed by atoms with Crippen LogP contribution in [0, 0.1) is 5.92 Å². The monoisotopic (exact) mass is 130 g/mol. The Hall–Kier alpha value is -0.900. The molecule has 4 N–H and O–H groups in total. The van der Waals surface area contributed by atoms with Gasteiger partial charge in [-0.2, -0.15) is 0 Å². The highest BCUT2D eigenvalue weighted by atomic mass is 16.1. The van der Waals surface area contributed by atoms with Gasteiger partial charge in [-0.25, -0.2) is 0 Å².